The molecule has 12 heteroatoms. The highest BCUT2D eigenvalue weighted by Crippen LogP contribution is 2.29. The van der Waals surface area contributed by atoms with E-state index < -0.39 is 18.1 Å². The van der Waals surface area contributed by atoms with E-state index in [-0.39, 0.29) is 17.3 Å². The number of alkyl halides is 3. The maximum atomic E-state index is 13.9. The van der Waals surface area contributed by atoms with Gasteiger partial charge in [-0.25, -0.2) is 14.0 Å². The van der Waals surface area contributed by atoms with Crippen LogP contribution in [0.3, 0.4) is 0 Å². The van der Waals surface area contributed by atoms with Crippen LogP contribution in [-0.2, 0) is 16.1 Å². The van der Waals surface area contributed by atoms with Gasteiger partial charge in [0.15, 0.2) is 0 Å². The largest absolute Gasteiger partial charge is 0.490 e. The minimum Gasteiger partial charge on any atom is -0.478 e. The van der Waals surface area contributed by atoms with Crippen LogP contribution in [0.15, 0.2) is 42.5 Å². The van der Waals surface area contributed by atoms with E-state index in [1.54, 1.807) is 24.3 Å². The number of halogens is 4. The Morgan fingerprint density at radius 2 is 1.62 bits per heavy atom. The zero-order valence-electron chi connectivity index (χ0n) is 20.2. The highest BCUT2D eigenvalue weighted by Gasteiger charge is 2.38. The molecule has 1 aliphatic rings. The van der Waals surface area contributed by atoms with Crippen LogP contribution in [0.1, 0.15) is 42.1 Å². The monoisotopic (exact) mass is 527 g/mol. The molecular formula is C25H29F4N3O5. The van der Waals surface area contributed by atoms with Crippen molar-refractivity contribution in [1.29, 1.82) is 0 Å². The number of carboxylic acids is 2. The van der Waals surface area contributed by atoms with Crippen LogP contribution in [0.25, 0.3) is 0 Å². The van der Waals surface area contributed by atoms with Crippen molar-refractivity contribution < 1.29 is 42.2 Å². The van der Waals surface area contributed by atoms with Gasteiger partial charge in [-0.15, -0.1) is 0 Å². The summed E-state index contributed by atoms with van der Waals surface area (Å²) in [7, 11) is 0. The van der Waals surface area contributed by atoms with E-state index in [0.29, 0.717) is 37.3 Å². The Balaban J connectivity index is 0.000000604. The summed E-state index contributed by atoms with van der Waals surface area (Å²) >= 11 is 0. The van der Waals surface area contributed by atoms with Gasteiger partial charge in [0.25, 0.3) is 0 Å². The van der Waals surface area contributed by atoms with Crippen molar-refractivity contribution in [3.63, 3.8) is 0 Å². The molecule has 3 N–H and O–H groups in total. The summed E-state index contributed by atoms with van der Waals surface area (Å²) in [5, 5.41) is 19.3. The molecule has 0 spiro atoms. The van der Waals surface area contributed by atoms with Gasteiger partial charge in [-0.3, -0.25) is 9.69 Å². The third-order valence-corrected chi connectivity index (χ3v) is 5.58. The third-order valence-electron chi connectivity index (χ3n) is 5.58. The fourth-order valence-corrected chi connectivity index (χ4v) is 3.61. The zero-order chi connectivity index (χ0) is 27.6. The van der Waals surface area contributed by atoms with Crippen molar-refractivity contribution in [2.75, 3.05) is 36.4 Å². The standard InChI is InChI=1S/C23H28FN3O3.C2HF3O2/c1-2-3-8-22(28)25-20-15-17(23(29)30)9-10-21(20)27-13-11-26(12-14-27)16-18-6-4-5-7-19(18)24;3-2(4,5)1(6)7/h4-7,9-10,15H,2-3,8,11-14,16H2,1H3,(H,25,28)(H,29,30);(H,6,7). The average molecular weight is 528 g/mol. The lowest BCUT2D eigenvalue weighted by atomic mass is 10.1. The smallest absolute Gasteiger partial charge is 0.478 e. The number of nitrogens with zero attached hydrogens (tertiary/aromatic N) is 2. The highest BCUT2D eigenvalue weighted by molar-refractivity contribution is 5.97. The van der Waals surface area contributed by atoms with E-state index in [1.165, 1.54) is 12.1 Å². The number of aliphatic carboxylic acids is 1. The molecule has 1 heterocycles. The van der Waals surface area contributed by atoms with Crippen LogP contribution in [0.2, 0.25) is 0 Å². The molecule has 0 bridgehead atoms. The van der Waals surface area contributed by atoms with Gasteiger partial charge in [-0.2, -0.15) is 13.2 Å². The number of carbonyl (C=O) groups excluding carboxylic acids is 1. The van der Waals surface area contributed by atoms with Gasteiger partial charge in [-0.05, 0) is 30.7 Å². The number of amides is 1. The maximum Gasteiger partial charge on any atom is 0.490 e. The first kappa shape index (κ1) is 29.6. The molecule has 8 nitrogen and oxygen atoms in total. The molecule has 1 amide bonds. The lowest BCUT2D eigenvalue weighted by molar-refractivity contribution is -0.192. The number of carbonyl (C=O) groups is 3. The number of unbranched alkanes of at least 4 members (excludes halogenated alkanes) is 1. The minimum absolute atomic E-state index is 0.112. The highest BCUT2D eigenvalue weighted by atomic mass is 19.4. The third kappa shape index (κ3) is 9.37. The van der Waals surface area contributed by atoms with E-state index in [0.717, 1.165) is 31.6 Å². The summed E-state index contributed by atoms with van der Waals surface area (Å²) in [6, 6.07) is 11.6. The molecule has 0 saturated carbocycles. The van der Waals surface area contributed by atoms with Crippen LogP contribution >= 0.6 is 0 Å². The lowest BCUT2D eigenvalue weighted by Gasteiger charge is -2.37. The molecule has 202 valence electrons. The van der Waals surface area contributed by atoms with Gasteiger partial charge in [-0.1, -0.05) is 31.5 Å². The van der Waals surface area contributed by atoms with Crippen molar-refractivity contribution >= 4 is 29.2 Å². The van der Waals surface area contributed by atoms with Crippen molar-refractivity contribution in [2.24, 2.45) is 0 Å². The fourth-order valence-electron chi connectivity index (χ4n) is 3.61. The molecule has 3 rings (SSSR count). The molecule has 2 aromatic rings. The summed E-state index contributed by atoms with van der Waals surface area (Å²) in [5.41, 5.74) is 2.16. The van der Waals surface area contributed by atoms with Crippen LogP contribution in [0.5, 0.6) is 0 Å². The molecule has 1 aliphatic heterocycles. The van der Waals surface area contributed by atoms with Crippen molar-refractivity contribution in [2.45, 2.75) is 38.9 Å². The first-order valence-electron chi connectivity index (χ1n) is 11.6. The van der Waals surface area contributed by atoms with E-state index >= 15 is 0 Å². The molecule has 1 saturated heterocycles. The van der Waals surface area contributed by atoms with E-state index in [1.807, 2.05) is 13.0 Å². The normalized spacial score (nSPS) is 13.9. The van der Waals surface area contributed by atoms with Gasteiger partial charge < -0.3 is 20.4 Å². The summed E-state index contributed by atoms with van der Waals surface area (Å²) < 4.78 is 45.7. The number of aromatic carboxylic acids is 1. The maximum absolute atomic E-state index is 13.9. The number of hydrogen-bond donors (Lipinski definition) is 3. The van der Waals surface area contributed by atoms with Gasteiger partial charge in [0.2, 0.25) is 5.91 Å². The van der Waals surface area contributed by atoms with Gasteiger partial charge in [0.05, 0.1) is 16.9 Å². The molecule has 2 aromatic carbocycles. The predicted octanol–water partition coefficient (Wildman–Crippen LogP) is 4.61. The molecule has 1 fully saturated rings. The van der Waals surface area contributed by atoms with Crippen molar-refractivity contribution in [1.82, 2.24) is 4.90 Å². The summed E-state index contributed by atoms with van der Waals surface area (Å²) in [6.45, 7) is 5.48. The number of nitrogens with one attached hydrogen (secondary N) is 1. The quantitative estimate of drug-likeness (QED) is 0.430. The van der Waals surface area contributed by atoms with Crippen LogP contribution in [0, 0.1) is 5.82 Å². The van der Waals surface area contributed by atoms with E-state index in [9.17, 15) is 32.3 Å². The summed E-state index contributed by atoms with van der Waals surface area (Å²) in [5.74, 6) is -4.09. The van der Waals surface area contributed by atoms with E-state index in [2.05, 4.69) is 15.1 Å². The van der Waals surface area contributed by atoms with Crippen LogP contribution in [-0.4, -0.2) is 65.3 Å². The molecule has 0 atom stereocenters. The second-order valence-electron chi connectivity index (χ2n) is 8.35. The number of benzene rings is 2. The SMILES string of the molecule is CCCCC(=O)Nc1cc(C(=O)O)ccc1N1CCN(Cc2ccccc2F)CC1.O=C(O)C(F)(F)F. The number of rotatable bonds is 8. The molecular weight excluding hydrogens is 498 g/mol. The predicted molar refractivity (Wildman–Crippen MR) is 129 cm³/mol. The number of piperazine rings is 1. The number of hydrogen-bond acceptors (Lipinski definition) is 5. The van der Waals surface area contributed by atoms with E-state index in [4.69, 9.17) is 9.90 Å². The summed E-state index contributed by atoms with van der Waals surface area (Å²) in [6.07, 6.45) is -2.97. The Labute approximate surface area is 211 Å². The summed E-state index contributed by atoms with van der Waals surface area (Å²) in [4.78, 5) is 36.9. The Bertz CT molecular complexity index is 1090. The van der Waals surface area contributed by atoms with Crippen molar-refractivity contribution in [3.05, 3.63) is 59.4 Å². The lowest BCUT2D eigenvalue weighted by Crippen LogP contribution is -2.46. The Morgan fingerprint density at radius 3 is 2.16 bits per heavy atom. The Kier molecular flexibility index (Phi) is 10.9. The van der Waals surface area contributed by atoms with Gasteiger partial charge in [0.1, 0.15) is 5.82 Å². The first-order chi connectivity index (χ1) is 17.4. The fraction of sp³-hybridized carbons (Fsp3) is 0.400. The minimum atomic E-state index is -5.08. The number of carboxylic acid groups (broad SMARTS) is 2. The molecule has 0 radical (unpaired) electrons. The average Bonchev–Trinajstić information content (AvgIpc) is 2.84. The molecule has 0 aromatic heterocycles. The van der Waals surface area contributed by atoms with Gasteiger partial charge >= 0.3 is 18.1 Å². The molecule has 0 aliphatic carbocycles. The zero-order valence-corrected chi connectivity index (χ0v) is 20.2. The van der Waals surface area contributed by atoms with Crippen molar-refractivity contribution in [3.8, 4) is 0 Å². The molecule has 37 heavy (non-hydrogen) atoms. The number of anilines is 2. The molecule has 0 unspecified atom stereocenters. The van der Waals surface area contributed by atoms with Crippen LogP contribution in [0.4, 0.5) is 28.9 Å². The second-order valence-corrected chi connectivity index (χ2v) is 8.35. The first-order valence-corrected chi connectivity index (χ1v) is 11.6. The van der Waals surface area contributed by atoms with Gasteiger partial charge in [0, 0.05) is 44.7 Å². The Morgan fingerprint density at radius 1 is 1.00 bits per heavy atom. The topological polar surface area (TPSA) is 110 Å². The second kappa shape index (κ2) is 13.6. The Hall–Kier alpha value is -3.67. The van der Waals surface area contributed by atoms with Crippen LogP contribution < -0.4 is 10.2 Å².